The molecule has 0 heterocycles. The van der Waals surface area contributed by atoms with Gasteiger partial charge in [0.15, 0.2) is 5.82 Å². The number of nitrogen functional groups attached to an aromatic ring is 1. The summed E-state index contributed by atoms with van der Waals surface area (Å²) in [5.74, 6) is -2.02. The standard InChI is InChI=1S/C16H14F2N2O/c17-10-6-12(15(18)13(19)7-10)16(21)20-14-8-11(14)9-4-2-1-3-5-9/h1-7,11,14H,8,19H2,(H,20,21). The van der Waals surface area contributed by atoms with Crippen molar-refractivity contribution in [2.45, 2.75) is 18.4 Å². The van der Waals surface area contributed by atoms with Gasteiger partial charge in [0.05, 0.1) is 11.3 Å². The van der Waals surface area contributed by atoms with E-state index in [1.807, 2.05) is 30.3 Å². The highest BCUT2D eigenvalue weighted by Crippen LogP contribution is 2.40. The van der Waals surface area contributed by atoms with Crippen LogP contribution in [0.4, 0.5) is 14.5 Å². The molecule has 1 amide bonds. The number of hydrogen-bond donors (Lipinski definition) is 2. The van der Waals surface area contributed by atoms with Crippen molar-refractivity contribution in [2.24, 2.45) is 0 Å². The van der Waals surface area contributed by atoms with Gasteiger partial charge in [0.1, 0.15) is 5.82 Å². The molecule has 0 spiro atoms. The van der Waals surface area contributed by atoms with Gasteiger partial charge in [-0.25, -0.2) is 8.78 Å². The zero-order valence-electron chi connectivity index (χ0n) is 11.1. The Kier molecular flexibility index (Phi) is 3.33. The molecule has 0 aliphatic heterocycles. The SMILES string of the molecule is Nc1cc(F)cc(C(=O)NC2CC2c2ccccc2)c1F. The van der Waals surface area contributed by atoms with E-state index in [1.54, 1.807) is 0 Å². The highest BCUT2D eigenvalue weighted by molar-refractivity contribution is 5.95. The summed E-state index contributed by atoms with van der Waals surface area (Å²) in [6.07, 6.45) is 0.794. The van der Waals surface area contributed by atoms with Gasteiger partial charge < -0.3 is 11.1 Å². The molecule has 0 bridgehead atoms. The number of rotatable bonds is 3. The van der Waals surface area contributed by atoms with Crippen LogP contribution in [0.3, 0.4) is 0 Å². The van der Waals surface area contributed by atoms with Crippen LogP contribution in [0, 0.1) is 11.6 Å². The highest BCUT2D eigenvalue weighted by atomic mass is 19.1. The van der Waals surface area contributed by atoms with Gasteiger partial charge in [-0.15, -0.1) is 0 Å². The lowest BCUT2D eigenvalue weighted by molar-refractivity contribution is 0.0946. The Morgan fingerprint density at radius 1 is 1.19 bits per heavy atom. The third kappa shape index (κ3) is 2.72. The molecule has 108 valence electrons. The molecule has 2 aromatic rings. The number of amides is 1. The Hall–Kier alpha value is -2.43. The van der Waals surface area contributed by atoms with Crippen molar-refractivity contribution in [3.8, 4) is 0 Å². The minimum atomic E-state index is -0.884. The second kappa shape index (κ2) is 5.16. The smallest absolute Gasteiger partial charge is 0.254 e. The van der Waals surface area contributed by atoms with Crippen LogP contribution in [0.1, 0.15) is 28.3 Å². The molecule has 3 N–H and O–H groups in total. The van der Waals surface area contributed by atoms with Crippen LogP contribution in [0.5, 0.6) is 0 Å². The molecule has 1 aliphatic carbocycles. The summed E-state index contributed by atoms with van der Waals surface area (Å²) in [5, 5.41) is 2.71. The van der Waals surface area contributed by atoms with E-state index < -0.39 is 17.5 Å². The van der Waals surface area contributed by atoms with Crippen molar-refractivity contribution in [1.29, 1.82) is 0 Å². The van der Waals surface area contributed by atoms with E-state index >= 15 is 0 Å². The first-order valence-corrected chi connectivity index (χ1v) is 6.66. The summed E-state index contributed by atoms with van der Waals surface area (Å²) in [4.78, 5) is 12.0. The molecule has 0 aromatic heterocycles. The van der Waals surface area contributed by atoms with Gasteiger partial charge in [-0.1, -0.05) is 30.3 Å². The topological polar surface area (TPSA) is 55.1 Å². The summed E-state index contributed by atoms with van der Waals surface area (Å²) >= 11 is 0. The number of benzene rings is 2. The number of nitrogens with one attached hydrogen (secondary N) is 1. The molecule has 21 heavy (non-hydrogen) atoms. The molecule has 3 rings (SSSR count). The van der Waals surface area contributed by atoms with Gasteiger partial charge in [0.25, 0.3) is 5.91 Å². The summed E-state index contributed by atoms with van der Waals surface area (Å²) in [7, 11) is 0. The summed E-state index contributed by atoms with van der Waals surface area (Å²) in [6.45, 7) is 0. The molecule has 1 saturated carbocycles. The zero-order valence-corrected chi connectivity index (χ0v) is 11.1. The summed E-state index contributed by atoms with van der Waals surface area (Å²) in [6, 6.07) is 11.4. The molecule has 0 saturated heterocycles. The molecule has 1 aliphatic rings. The van der Waals surface area contributed by atoms with Crippen molar-refractivity contribution in [3.05, 3.63) is 65.2 Å². The first-order chi connectivity index (χ1) is 10.1. The number of carbonyl (C=O) groups is 1. The fraction of sp³-hybridized carbons (Fsp3) is 0.188. The van der Waals surface area contributed by atoms with Gasteiger partial charge in [0.2, 0.25) is 0 Å². The fourth-order valence-electron chi connectivity index (χ4n) is 2.44. The van der Waals surface area contributed by atoms with Crippen molar-refractivity contribution < 1.29 is 13.6 Å². The maximum absolute atomic E-state index is 13.8. The molecule has 2 aromatic carbocycles. The largest absolute Gasteiger partial charge is 0.396 e. The van der Waals surface area contributed by atoms with E-state index in [0.717, 1.165) is 24.1 Å². The quantitative estimate of drug-likeness (QED) is 0.853. The number of anilines is 1. The molecule has 2 atom stereocenters. The first kappa shape index (κ1) is 13.5. The minimum absolute atomic E-state index is 0.0520. The fourth-order valence-corrected chi connectivity index (χ4v) is 2.44. The van der Waals surface area contributed by atoms with Crippen LogP contribution in [0.15, 0.2) is 42.5 Å². The van der Waals surface area contributed by atoms with Gasteiger partial charge in [-0.2, -0.15) is 0 Å². The lowest BCUT2D eigenvalue weighted by atomic mass is 10.1. The maximum atomic E-state index is 13.8. The molecule has 2 unspecified atom stereocenters. The van der Waals surface area contributed by atoms with Gasteiger partial charge >= 0.3 is 0 Å². The third-order valence-corrected chi connectivity index (χ3v) is 3.64. The Morgan fingerprint density at radius 2 is 1.90 bits per heavy atom. The van der Waals surface area contributed by atoms with E-state index in [4.69, 9.17) is 5.73 Å². The predicted molar refractivity (Wildman–Crippen MR) is 75.8 cm³/mol. The second-order valence-corrected chi connectivity index (χ2v) is 5.19. The first-order valence-electron chi connectivity index (χ1n) is 6.66. The number of hydrogen-bond acceptors (Lipinski definition) is 2. The van der Waals surface area contributed by atoms with Gasteiger partial charge in [-0.3, -0.25) is 4.79 Å². The van der Waals surface area contributed by atoms with Crippen molar-refractivity contribution >= 4 is 11.6 Å². The normalized spacial score (nSPS) is 20.1. The monoisotopic (exact) mass is 288 g/mol. The van der Waals surface area contributed by atoms with E-state index in [2.05, 4.69) is 5.32 Å². The summed E-state index contributed by atoms with van der Waals surface area (Å²) < 4.78 is 27.0. The van der Waals surface area contributed by atoms with Gasteiger partial charge in [0, 0.05) is 12.0 Å². The Morgan fingerprint density at radius 3 is 2.62 bits per heavy atom. The lowest BCUT2D eigenvalue weighted by Crippen LogP contribution is -2.27. The highest BCUT2D eigenvalue weighted by Gasteiger charge is 2.39. The molecule has 1 fully saturated rings. The Labute approximate surface area is 120 Å². The van der Waals surface area contributed by atoms with Crippen LogP contribution < -0.4 is 11.1 Å². The van der Waals surface area contributed by atoms with E-state index in [1.165, 1.54) is 0 Å². The maximum Gasteiger partial charge on any atom is 0.254 e. The second-order valence-electron chi connectivity index (χ2n) is 5.19. The van der Waals surface area contributed by atoms with E-state index in [-0.39, 0.29) is 23.2 Å². The Bertz CT molecular complexity index is 688. The van der Waals surface area contributed by atoms with E-state index in [0.29, 0.717) is 0 Å². The molecule has 3 nitrogen and oxygen atoms in total. The molecule has 5 heteroatoms. The van der Waals surface area contributed by atoms with Crippen LogP contribution in [0.25, 0.3) is 0 Å². The number of nitrogens with two attached hydrogens (primary N) is 1. The van der Waals surface area contributed by atoms with Crippen LogP contribution >= 0.6 is 0 Å². The van der Waals surface area contributed by atoms with Crippen molar-refractivity contribution in [2.75, 3.05) is 5.73 Å². The van der Waals surface area contributed by atoms with Crippen molar-refractivity contribution in [3.63, 3.8) is 0 Å². The molecular formula is C16H14F2N2O. The third-order valence-electron chi connectivity index (χ3n) is 3.64. The number of halogens is 2. The Balaban J connectivity index is 1.72. The van der Waals surface area contributed by atoms with Crippen molar-refractivity contribution in [1.82, 2.24) is 5.32 Å². The summed E-state index contributed by atoms with van der Waals surface area (Å²) in [5.41, 5.74) is 5.74. The average molecular weight is 288 g/mol. The minimum Gasteiger partial charge on any atom is -0.396 e. The van der Waals surface area contributed by atoms with E-state index in [9.17, 15) is 13.6 Å². The zero-order chi connectivity index (χ0) is 15.0. The van der Waals surface area contributed by atoms with Crippen LogP contribution in [-0.2, 0) is 0 Å². The molecular weight excluding hydrogens is 274 g/mol. The van der Waals surface area contributed by atoms with Crippen LogP contribution in [0.2, 0.25) is 0 Å². The predicted octanol–water partition coefficient (Wildman–Crippen LogP) is 2.83. The lowest BCUT2D eigenvalue weighted by Gasteiger charge is -2.08. The molecule has 0 radical (unpaired) electrons. The number of carbonyl (C=O) groups excluding carboxylic acids is 1. The van der Waals surface area contributed by atoms with Gasteiger partial charge in [-0.05, 0) is 24.1 Å². The average Bonchev–Trinajstić information content (AvgIpc) is 3.23. The van der Waals surface area contributed by atoms with Crippen LogP contribution in [-0.4, -0.2) is 11.9 Å².